The first-order valence-corrected chi connectivity index (χ1v) is 9.09. The first-order chi connectivity index (χ1) is 12.2. The minimum atomic E-state index is 0. The monoisotopic (exact) mass is 469 g/mol. The molecule has 0 radical (unpaired) electrons. The Hall–Kier alpha value is -1.64. The lowest BCUT2D eigenvalue weighted by Gasteiger charge is -2.30. The highest BCUT2D eigenvalue weighted by atomic mass is 127. The van der Waals surface area contributed by atoms with Crippen LogP contribution in [0.3, 0.4) is 0 Å². The fourth-order valence-electron chi connectivity index (χ4n) is 3.56. The van der Waals surface area contributed by atoms with Gasteiger partial charge in [0.05, 0.1) is 0 Å². The predicted octanol–water partition coefficient (Wildman–Crippen LogP) is 3.56. The van der Waals surface area contributed by atoms with Crippen LogP contribution in [0.25, 0.3) is 0 Å². The number of rotatable bonds is 6. The number of nitrogens with one attached hydrogen (secondary N) is 2. The second-order valence-electron chi connectivity index (χ2n) is 6.63. The zero-order chi connectivity index (χ0) is 17.5. The van der Waals surface area contributed by atoms with Crippen molar-refractivity contribution >= 4 is 29.9 Å². The molecule has 2 aromatic rings. The molecule has 1 aromatic carbocycles. The Labute approximate surface area is 172 Å². The molecule has 0 spiro atoms. The minimum Gasteiger partial charge on any atom is -0.357 e. The van der Waals surface area contributed by atoms with Crippen molar-refractivity contribution in [3.8, 4) is 0 Å². The molecule has 0 unspecified atom stereocenters. The van der Waals surface area contributed by atoms with E-state index in [1.54, 1.807) is 6.92 Å². The third kappa shape index (κ3) is 5.18. The van der Waals surface area contributed by atoms with Crippen LogP contribution in [-0.2, 0) is 12.0 Å². The van der Waals surface area contributed by atoms with E-state index in [1.807, 2.05) is 0 Å². The van der Waals surface area contributed by atoms with E-state index in [9.17, 15) is 0 Å². The van der Waals surface area contributed by atoms with Crippen molar-refractivity contribution in [1.29, 1.82) is 0 Å². The lowest BCUT2D eigenvalue weighted by atomic mass is 9.79. The van der Waals surface area contributed by atoms with E-state index in [1.165, 1.54) is 31.2 Å². The molecule has 0 aliphatic heterocycles. The summed E-state index contributed by atoms with van der Waals surface area (Å²) >= 11 is 0. The van der Waals surface area contributed by atoms with Crippen molar-refractivity contribution in [2.45, 2.75) is 51.5 Å². The summed E-state index contributed by atoms with van der Waals surface area (Å²) in [5, 5.41) is 10.7. The van der Waals surface area contributed by atoms with E-state index < -0.39 is 0 Å². The molecule has 0 atom stereocenters. The molecule has 1 heterocycles. The molecule has 26 heavy (non-hydrogen) atoms. The fraction of sp³-hybridized carbons (Fsp3) is 0.526. The van der Waals surface area contributed by atoms with Gasteiger partial charge in [-0.25, -0.2) is 4.99 Å². The van der Waals surface area contributed by atoms with Crippen LogP contribution in [0, 0.1) is 6.92 Å². The summed E-state index contributed by atoms with van der Waals surface area (Å²) in [6.07, 6.45) is 5.00. The number of aliphatic imine (C=N–C) groups is 1. The molecule has 2 N–H and O–H groups in total. The molecule has 6 nitrogen and oxygen atoms in total. The Bertz CT molecular complexity index is 695. The highest BCUT2D eigenvalue weighted by Gasteiger charge is 2.35. The number of hydrogen-bond donors (Lipinski definition) is 2. The largest absolute Gasteiger partial charge is 0.357 e. The van der Waals surface area contributed by atoms with Crippen molar-refractivity contribution in [1.82, 2.24) is 20.8 Å². The molecule has 7 heteroatoms. The predicted molar refractivity (Wildman–Crippen MR) is 114 cm³/mol. The van der Waals surface area contributed by atoms with Crippen LogP contribution in [0.5, 0.6) is 0 Å². The van der Waals surface area contributed by atoms with Crippen molar-refractivity contribution < 1.29 is 4.52 Å². The number of halogens is 1. The average molecular weight is 469 g/mol. The Morgan fingerprint density at radius 3 is 2.54 bits per heavy atom. The zero-order valence-corrected chi connectivity index (χ0v) is 17.8. The highest BCUT2D eigenvalue weighted by Crippen LogP contribution is 2.40. The van der Waals surface area contributed by atoms with Crippen LogP contribution in [0.2, 0.25) is 0 Å². The maximum Gasteiger partial charge on any atom is 0.223 e. The van der Waals surface area contributed by atoms with Crippen LogP contribution in [-0.4, -0.2) is 29.2 Å². The molecule has 1 fully saturated rings. The normalized spacial score (nSPS) is 16.2. The SMILES string of the molecule is CCNC(=NCc1noc(C)n1)NCC1(c2ccccc2)CCCC1.I. The number of aryl methyl sites for hydroxylation is 1. The first-order valence-electron chi connectivity index (χ1n) is 9.09. The molecular weight excluding hydrogens is 441 g/mol. The number of benzene rings is 1. The van der Waals surface area contributed by atoms with Crippen LogP contribution in [0.1, 0.15) is 49.9 Å². The second-order valence-corrected chi connectivity index (χ2v) is 6.63. The first kappa shape index (κ1) is 20.7. The number of guanidine groups is 1. The van der Waals surface area contributed by atoms with E-state index >= 15 is 0 Å². The van der Waals surface area contributed by atoms with Gasteiger partial charge in [-0.05, 0) is 25.3 Å². The Morgan fingerprint density at radius 1 is 1.19 bits per heavy atom. The summed E-state index contributed by atoms with van der Waals surface area (Å²) in [6, 6.07) is 10.8. The van der Waals surface area contributed by atoms with E-state index in [4.69, 9.17) is 4.52 Å². The van der Waals surface area contributed by atoms with Gasteiger partial charge in [0.2, 0.25) is 5.89 Å². The van der Waals surface area contributed by atoms with Gasteiger partial charge in [-0.15, -0.1) is 24.0 Å². The Balaban J connectivity index is 0.00000243. The molecule has 1 aromatic heterocycles. The van der Waals surface area contributed by atoms with Gasteiger partial charge in [0.25, 0.3) is 0 Å². The van der Waals surface area contributed by atoms with Crippen molar-refractivity contribution in [3.05, 3.63) is 47.6 Å². The van der Waals surface area contributed by atoms with Gasteiger partial charge in [0.1, 0.15) is 6.54 Å². The number of hydrogen-bond acceptors (Lipinski definition) is 4. The average Bonchev–Trinajstić information content (AvgIpc) is 3.28. The summed E-state index contributed by atoms with van der Waals surface area (Å²) in [5.41, 5.74) is 1.62. The van der Waals surface area contributed by atoms with Crippen LogP contribution in [0.4, 0.5) is 0 Å². The van der Waals surface area contributed by atoms with Gasteiger partial charge in [0.15, 0.2) is 11.8 Å². The summed E-state index contributed by atoms with van der Waals surface area (Å²) in [7, 11) is 0. The topological polar surface area (TPSA) is 75.3 Å². The van der Waals surface area contributed by atoms with Crippen LogP contribution in [0.15, 0.2) is 39.8 Å². The van der Waals surface area contributed by atoms with Crippen molar-refractivity contribution in [2.75, 3.05) is 13.1 Å². The lowest BCUT2D eigenvalue weighted by Crippen LogP contribution is -2.44. The van der Waals surface area contributed by atoms with Gasteiger partial charge in [0, 0.05) is 25.4 Å². The molecular formula is C19H28IN5O. The van der Waals surface area contributed by atoms with Gasteiger partial charge in [-0.1, -0.05) is 48.3 Å². The maximum atomic E-state index is 5.00. The molecule has 3 rings (SSSR count). The van der Waals surface area contributed by atoms with Gasteiger partial charge in [-0.3, -0.25) is 0 Å². The standard InChI is InChI=1S/C19H27N5O.HI/c1-3-20-18(21-13-17-23-15(2)25-24-17)22-14-19(11-7-8-12-19)16-9-5-4-6-10-16;/h4-6,9-10H,3,7-8,11-14H2,1-2H3,(H2,20,21,22);1H. The smallest absolute Gasteiger partial charge is 0.223 e. The summed E-state index contributed by atoms with van der Waals surface area (Å²) in [6.45, 7) is 5.96. The molecule has 1 aliphatic carbocycles. The second kappa shape index (κ2) is 9.89. The maximum absolute atomic E-state index is 5.00. The molecule has 1 saturated carbocycles. The van der Waals surface area contributed by atoms with Gasteiger partial charge in [-0.2, -0.15) is 4.98 Å². The molecule has 142 valence electrons. The van der Waals surface area contributed by atoms with Crippen LogP contribution < -0.4 is 10.6 Å². The van der Waals surface area contributed by atoms with Gasteiger partial charge >= 0.3 is 0 Å². The van der Waals surface area contributed by atoms with Crippen LogP contribution >= 0.6 is 24.0 Å². The van der Waals surface area contributed by atoms with Crippen molar-refractivity contribution in [3.63, 3.8) is 0 Å². The van der Waals surface area contributed by atoms with Gasteiger partial charge < -0.3 is 15.2 Å². The summed E-state index contributed by atoms with van der Waals surface area (Å²) in [4.78, 5) is 8.79. The molecule has 0 bridgehead atoms. The van der Waals surface area contributed by atoms with E-state index in [2.05, 4.69) is 63.0 Å². The highest BCUT2D eigenvalue weighted by molar-refractivity contribution is 14.0. The summed E-state index contributed by atoms with van der Waals surface area (Å²) in [5.74, 6) is 1.97. The Kier molecular flexibility index (Phi) is 7.86. The molecule has 1 aliphatic rings. The third-order valence-corrected chi connectivity index (χ3v) is 4.83. The van der Waals surface area contributed by atoms with E-state index in [0.29, 0.717) is 18.3 Å². The quantitative estimate of drug-likeness (QED) is 0.385. The number of nitrogens with zero attached hydrogens (tertiary/aromatic N) is 3. The molecule has 0 amide bonds. The summed E-state index contributed by atoms with van der Waals surface area (Å²) < 4.78 is 5.00. The van der Waals surface area contributed by atoms with Crippen molar-refractivity contribution in [2.24, 2.45) is 4.99 Å². The Morgan fingerprint density at radius 2 is 1.92 bits per heavy atom. The van der Waals surface area contributed by atoms with E-state index in [-0.39, 0.29) is 29.4 Å². The molecule has 0 saturated heterocycles. The van der Waals surface area contributed by atoms with E-state index in [0.717, 1.165) is 19.0 Å². The lowest BCUT2D eigenvalue weighted by molar-refractivity contribution is 0.387. The minimum absolute atomic E-state index is 0. The number of aromatic nitrogens is 2. The third-order valence-electron chi connectivity index (χ3n) is 4.83. The fourth-order valence-corrected chi connectivity index (χ4v) is 3.56. The zero-order valence-electron chi connectivity index (χ0n) is 15.5.